The summed E-state index contributed by atoms with van der Waals surface area (Å²) < 4.78 is 5.00. The fourth-order valence-corrected chi connectivity index (χ4v) is 2.86. The van der Waals surface area contributed by atoms with Crippen molar-refractivity contribution in [3.05, 3.63) is 46.7 Å². The van der Waals surface area contributed by atoms with Crippen LogP contribution in [0.3, 0.4) is 0 Å². The van der Waals surface area contributed by atoms with Crippen LogP contribution < -0.4 is 10.6 Å². The predicted octanol–water partition coefficient (Wildman–Crippen LogP) is 2.91. The molecule has 2 aromatic rings. The van der Waals surface area contributed by atoms with E-state index in [4.69, 9.17) is 4.74 Å². The molecule has 2 N–H and O–H groups in total. The molecule has 0 saturated heterocycles. The molecule has 0 unspecified atom stereocenters. The van der Waals surface area contributed by atoms with Crippen LogP contribution >= 0.6 is 11.3 Å². The van der Waals surface area contributed by atoms with Crippen molar-refractivity contribution >= 4 is 34.5 Å². The highest BCUT2D eigenvalue weighted by atomic mass is 32.1. The summed E-state index contributed by atoms with van der Waals surface area (Å²) >= 11 is 1.39. The van der Waals surface area contributed by atoms with Gasteiger partial charge in [0.15, 0.2) is 0 Å². The van der Waals surface area contributed by atoms with Gasteiger partial charge in [-0.2, -0.15) is 0 Å². The van der Waals surface area contributed by atoms with E-state index in [9.17, 15) is 9.59 Å². The Labute approximate surface area is 151 Å². The molecule has 1 aromatic carbocycles. The highest BCUT2D eigenvalue weighted by molar-refractivity contribution is 7.12. The van der Waals surface area contributed by atoms with Crippen molar-refractivity contribution in [3.8, 4) is 0 Å². The van der Waals surface area contributed by atoms with Gasteiger partial charge >= 0.3 is 0 Å². The number of nitrogens with zero attached hydrogens (tertiary/aromatic N) is 1. The Hall–Kier alpha value is -2.22. The largest absolute Gasteiger partial charge is 0.385 e. The van der Waals surface area contributed by atoms with Gasteiger partial charge in [0, 0.05) is 31.6 Å². The number of anilines is 2. The van der Waals surface area contributed by atoms with Crippen LogP contribution in [0.4, 0.5) is 11.4 Å². The second kappa shape index (κ2) is 9.93. The van der Waals surface area contributed by atoms with Crippen LogP contribution in [0.5, 0.6) is 0 Å². The van der Waals surface area contributed by atoms with E-state index in [0.29, 0.717) is 29.4 Å². The summed E-state index contributed by atoms with van der Waals surface area (Å²) in [6.45, 7) is 1.81. The van der Waals surface area contributed by atoms with Gasteiger partial charge in [0.05, 0.1) is 11.4 Å². The van der Waals surface area contributed by atoms with Crippen LogP contribution in [0.15, 0.2) is 41.8 Å². The summed E-state index contributed by atoms with van der Waals surface area (Å²) in [5.41, 5.74) is 1.39. The molecule has 1 aromatic heterocycles. The van der Waals surface area contributed by atoms with E-state index in [1.54, 1.807) is 37.4 Å². The molecule has 2 rings (SSSR count). The summed E-state index contributed by atoms with van der Waals surface area (Å²) in [5.74, 6) is -0.209. The zero-order valence-electron chi connectivity index (χ0n) is 14.5. The Morgan fingerprint density at radius 1 is 1.12 bits per heavy atom. The molecular weight excluding hydrogens is 338 g/mol. The molecule has 0 fully saturated rings. The number of nitrogens with one attached hydrogen (secondary N) is 2. The number of thiophene rings is 1. The summed E-state index contributed by atoms with van der Waals surface area (Å²) in [6, 6.07) is 10.7. The lowest BCUT2D eigenvalue weighted by Gasteiger charge is -2.16. The summed E-state index contributed by atoms with van der Waals surface area (Å²) in [6.07, 6.45) is 0.888. The number of benzene rings is 1. The second-order valence-electron chi connectivity index (χ2n) is 5.64. The summed E-state index contributed by atoms with van der Waals surface area (Å²) in [5, 5.41) is 7.53. The Balaban J connectivity index is 1.79. The van der Waals surface area contributed by atoms with E-state index in [0.717, 1.165) is 13.0 Å². The van der Waals surface area contributed by atoms with Crippen LogP contribution in [0.1, 0.15) is 16.1 Å². The molecule has 6 nitrogen and oxygen atoms in total. The molecule has 25 heavy (non-hydrogen) atoms. The third-order valence-corrected chi connectivity index (χ3v) is 4.34. The molecular formula is C18H23N3O3S. The van der Waals surface area contributed by atoms with Crippen LogP contribution in [0.2, 0.25) is 0 Å². The van der Waals surface area contributed by atoms with Crippen LogP contribution in [0.25, 0.3) is 0 Å². The fourth-order valence-electron chi connectivity index (χ4n) is 2.24. The Bertz CT molecular complexity index is 671. The van der Waals surface area contributed by atoms with Crippen molar-refractivity contribution in [1.82, 2.24) is 4.90 Å². The molecule has 0 saturated carbocycles. The zero-order chi connectivity index (χ0) is 18.1. The highest BCUT2D eigenvalue weighted by Gasteiger charge is 2.08. The molecule has 2 amide bonds. The number of amides is 2. The van der Waals surface area contributed by atoms with Crippen LogP contribution in [0, 0.1) is 0 Å². The van der Waals surface area contributed by atoms with Gasteiger partial charge in [0.25, 0.3) is 5.91 Å². The van der Waals surface area contributed by atoms with E-state index in [1.165, 1.54) is 11.3 Å². The minimum Gasteiger partial charge on any atom is -0.385 e. The van der Waals surface area contributed by atoms with E-state index in [2.05, 4.69) is 10.6 Å². The van der Waals surface area contributed by atoms with E-state index in [-0.39, 0.29) is 11.8 Å². The maximum absolute atomic E-state index is 12.0. The SMILES string of the molecule is COCCCN(C)CC(=O)Nc1ccc(NC(=O)c2cccs2)cc1. The highest BCUT2D eigenvalue weighted by Crippen LogP contribution is 2.16. The van der Waals surface area contributed by atoms with Crippen molar-refractivity contribution < 1.29 is 14.3 Å². The zero-order valence-corrected chi connectivity index (χ0v) is 15.3. The third kappa shape index (κ3) is 6.66. The quantitative estimate of drug-likeness (QED) is 0.674. The smallest absolute Gasteiger partial charge is 0.265 e. The molecule has 0 bridgehead atoms. The molecule has 134 valence electrons. The normalized spacial score (nSPS) is 10.7. The summed E-state index contributed by atoms with van der Waals surface area (Å²) in [4.78, 5) is 26.6. The maximum Gasteiger partial charge on any atom is 0.265 e. The van der Waals surface area contributed by atoms with Crippen molar-refractivity contribution in [3.63, 3.8) is 0 Å². The number of carbonyl (C=O) groups excluding carboxylic acids is 2. The molecule has 0 aliphatic carbocycles. The van der Waals surface area contributed by atoms with Gasteiger partial charge in [-0.15, -0.1) is 11.3 Å². The van der Waals surface area contributed by atoms with Crippen molar-refractivity contribution in [2.24, 2.45) is 0 Å². The number of rotatable bonds is 9. The molecule has 0 atom stereocenters. The first-order valence-electron chi connectivity index (χ1n) is 8.00. The lowest BCUT2D eigenvalue weighted by Crippen LogP contribution is -2.31. The van der Waals surface area contributed by atoms with E-state index >= 15 is 0 Å². The van der Waals surface area contributed by atoms with E-state index in [1.807, 2.05) is 23.4 Å². The first-order chi connectivity index (χ1) is 12.1. The Morgan fingerprint density at radius 2 is 1.80 bits per heavy atom. The number of carbonyl (C=O) groups is 2. The molecule has 1 heterocycles. The molecule has 0 aliphatic heterocycles. The Kier molecular flexibility index (Phi) is 7.59. The number of ether oxygens (including phenoxy) is 1. The van der Waals surface area contributed by atoms with Crippen LogP contribution in [-0.4, -0.2) is 50.6 Å². The average Bonchev–Trinajstić information content (AvgIpc) is 3.11. The first-order valence-corrected chi connectivity index (χ1v) is 8.88. The lowest BCUT2D eigenvalue weighted by atomic mass is 10.2. The molecule has 7 heteroatoms. The number of hydrogen-bond acceptors (Lipinski definition) is 5. The summed E-state index contributed by atoms with van der Waals surface area (Å²) in [7, 11) is 3.57. The first kappa shape index (κ1) is 19.1. The van der Waals surface area contributed by atoms with Crippen molar-refractivity contribution in [2.45, 2.75) is 6.42 Å². The van der Waals surface area contributed by atoms with Crippen molar-refractivity contribution in [2.75, 3.05) is 44.5 Å². The van der Waals surface area contributed by atoms with Crippen LogP contribution in [-0.2, 0) is 9.53 Å². The maximum atomic E-state index is 12.0. The molecule has 0 spiro atoms. The number of methoxy groups -OCH3 is 1. The average molecular weight is 361 g/mol. The standard InChI is InChI=1S/C18H23N3O3S/c1-21(10-4-11-24-2)13-17(22)19-14-6-8-15(9-7-14)20-18(23)16-5-3-12-25-16/h3,5-9,12H,4,10-11,13H2,1-2H3,(H,19,22)(H,20,23). The van der Waals surface area contributed by atoms with Gasteiger partial charge in [-0.1, -0.05) is 6.07 Å². The van der Waals surface area contributed by atoms with Gasteiger partial charge in [-0.25, -0.2) is 0 Å². The predicted molar refractivity (Wildman–Crippen MR) is 101 cm³/mol. The van der Waals surface area contributed by atoms with Crippen molar-refractivity contribution in [1.29, 1.82) is 0 Å². The lowest BCUT2D eigenvalue weighted by molar-refractivity contribution is -0.117. The minimum atomic E-state index is -0.135. The Morgan fingerprint density at radius 3 is 2.40 bits per heavy atom. The van der Waals surface area contributed by atoms with E-state index < -0.39 is 0 Å². The molecule has 0 radical (unpaired) electrons. The van der Waals surface area contributed by atoms with Gasteiger partial charge < -0.3 is 15.4 Å². The topological polar surface area (TPSA) is 70.7 Å². The van der Waals surface area contributed by atoms with Gasteiger partial charge in [0.1, 0.15) is 0 Å². The third-order valence-electron chi connectivity index (χ3n) is 3.47. The van der Waals surface area contributed by atoms with Gasteiger partial charge in [0.2, 0.25) is 5.91 Å². The number of hydrogen-bond donors (Lipinski definition) is 2. The fraction of sp³-hybridized carbons (Fsp3) is 0.333. The van der Waals surface area contributed by atoms with Gasteiger partial charge in [-0.05, 0) is 49.2 Å². The number of likely N-dealkylation sites (N-methyl/N-ethyl adjacent to an activating group) is 1. The second-order valence-corrected chi connectivity index (χ2v) is 6.59. The van der Waals surface area contributed by atoms with Gasteiger partial charge in [-0.3, -0.25) is 14.5 Å². The molecule has 0 aliphatic rings. The monoisotopic (exact) mass is 361 g/mol. The minimum absolute atomic E-state index is 0.0738.